The van der Waals surface area contributed by atoms with Crippen molar-refractivity contribution in [2.45, 2.75) is 43.7 Å². The smallest absolute Gasteiger partial charge is 0.186 e. The number of aliphatic hydroxyl groups is 4. The van der Waals surface area contributed by atoms with Gasteiger partial charge in [-0.25, -0.2) is 10.5 Å². The van der Waals surface area contributed by atoms with Crippen molar-refractivity contribution in [3.8, 4) is 0 Å². The van der Waals surface area contributed by atoms with E-state index in [0.717, 1.165) is 11.1 Å². The SMILES string of the molecule is [CH2]c1c[nH+]cc(CONCCCO[C@H]2OC(CO)[C@@H](O)[C@@H](O)C2O)c1. The zero-order valence-corrected chi connectivity index (χ0v) is 13.9. The van der Waals surface area contributed by atoms with E-state index in [0.29, 0.717) is 19.6 Å². The van der Waals surface area contributed by atoms with Crippen molar-refractivity contribution in [1.82, 2.24) is 5.48 Å². The number of hydroxylamine groups is 1. The quantitative estimate of drug-likeness (QED) is 0.251. The summed E-state index contributed by atoms with van der Waals surface area (Å²) in [5.41, 5.74) is 4.62. The molecule has 2 rings (SSSR count). The van der Waals surface area contributed by atoms with Crippen LogP contribution in [0.1, 0.15) is 17.5 Å². The van der Waals surface area contributed by atoms with Gasteiger partial charge in [0.15, 0.2) is 18.7 Å². The molecule has 0 spiro atoms. The standard InChI is InChI=1S/C16H25N2O7/c1-10-5-11(7-17-6-10)9-24-18-3-2-4-23-16-15(22)14(21)13(20)12(8-19)25-16/h5-7,12-16,18-22H,1-4,8-9H2/p+1/t12?,13-,14-,15?,16+/m1/s1. The molecule has 1 aromatic heterocycles. The third-order valence-corrected chi connectivity index (χ3v) is 3.80. The second-order valence-corrected chi connectivity index (χ2v) is 5.85. The number of hydrogen-bond acceptors (Lipinski definition) is 8. The Morgan fingerprint density at radius 3 is 2.72 bits per heavy atom. The topological polar surface area (TPSA) is 135 Å². The summed E-state index contributed by atoms with van der Waals surface area (Å²) < 4.78 is 10.6. The Morgan fingerprint density at radius 2 is 2.00 bits per heavy atom. The van der Waals surface area contributed by atoms with Crippen LogP contribution in [0.25, 0.3) is 0 Å². The number of aromatic nitrogens is 1. The van der Waals surface area contributed by atoms with Gasteiger partial charge in [-0.2, -0.15) is 0 Å². The molecule has 141 valence electrons. The van der Waals surface area contributed by atoms with Gasteiger partial charge in [0.2, 0.25) is 0 Å². The van der Waals surface area contributed by atoms with Crippen molar-refractivity contribution >= 4 is 0 Å². The summed E-state index contributed by atoms with van der Waals surface area (Å²) in [6.45, 7) is 4.46. The molecule has 6 N–H and O–H groups in total. The van der Waals surface area contributed by atoms with E-state index in [4.69, 9.17) is 19.4 Å². The minimum Gasteiger partial charge on any atom is -0.394 e. The average Bonchev–Trinajstić information content (AvgIpc) is 2.60. The molecule has 0 saturated carbocycles. The third kappa shape index (κ3) is 5.94. The van der Waals surface area contributed by atoms with Crippen molar-refractivity contribution < 1.29 is 39.7 Å². The second kappa shape index (κ2) is 10.1. The Balaban J connectivity index is 1.59. The predicted molar refractivity (Wildman–Crippen MR) is 84.6 cm³/mol. The molecule has 2 unspecified atom stereocenters. The maximum Gasteiger partial charge on any atom is 0.186 e. The summed E-state index contributed by atoms with van der Waals surface area (Å²) in [6.07, 6.45) is -2.10. The molecule has 1 saturated heterocycles. The number of hydrogen-bond donors (Lipinski definition) is 5. The largest absolute Gasteiger partial charge is 0.394 e. The second-order valence-electron chi connectivity index (χ2n) is 5.85. The predicted octanol–water partition coefficient (Wildman–Crippen LogP) is -2.09. The monoisotopic (exact) mass is 358 g/mol. The number of pyridine rings is 1. The van der Waals surface area contributed by atoms with Gasteiger partial charge in [0.05, 0.1) is 19.8 Å². The van der Waals surface area contributed by atoms with Crippen molar-refractivity contribution in [2.75, 3.05) is 19.8 Å². The maximum absolute atomic E-state index is 9.82. The maximum atomic E-state index is 9.82. The Kier molecular flexibility index (Phi) is 8.13. The van der Waals surface area contributed by atoms with Crippen LogP contribution >= 0.6 is 0 Å². The average molecular weight is 358 g/mol. The summed E-state index contributed by atoms with van der Waals surface area (Å²) in [5.74, 6) is 0. The van der Waals surface area contributed by atoms with Crippen LogP contribution in [-0.4, -0.2) is 70.9 Å². The molecule has 1 fully saturated rings. The first-order valence-corrected chi connectivity index (χ1v) is 8.11. The highest BCUT2D eigenvalue weighted by atomic mass is 16.7. The number of aliphatic hydroxyl groups excluding tert-OH is 4. The summed E-state index contributed by atoms with van der Waals surface area (Å²) in [7, 11) is 0. The van der Waals surface area contributed by atoms with Crippen LogP contribution in [0.2, 0.25) is 0 Å². The van der Waals surface area contributed by atoms with Gasteiger partial charge in [0.1, 0.15) is 24.4 Å². The molecule has 0 aliphatic carbocycles. The van der Waals surface area contributed by atoms with E-state index in [1.165, 1.54) is 0 Å². The first-order chi connectivity index (χ1) is 12.0. The van der Waals surface area contributed by atoms with Gasteiger partial charge >= 0.3 is 0 Å². The van der Waals surface area contributed by atoms with E-state index in [1.807, 2.05) is 12.3 Å². The van der Waals surface area contributed by atoms with Gasteiger partial charge < -0.3 is 29.9 Å². The van der Waals surface area contributed by atoms with Crippen LogP contribution in [0.5, 0.6) is 0 Å². The van der Waals surface area contributed by atoms with Gasteiger partial charge in [-0.05, 0) is 19.4 Å². The van der Waals surface area contributed by atoms with Gasteiger partial charge in [0, 0.05) is 17.7 Å². The Labute approximate surface area is 146 Å². The highest BCUT2D eigenvalue weighted by molar-refractivity contribution is 5.16. The molecule has 1 aromatic rings. The van der Waals surface area contributed by atoms with Crippen molar-refractivity contribution in [3.05, 3.63) is 36.5 Å². The van der Waals surface area contributed by atoms with E-state index in [-0.39, 0.29) is 6.61 Å². The van der Waals surface area contributed by atoms with E-state index < -0.39 is 37.3 Å². The lowest BCUT2D eigenvalue weighted by molar-refractivity contribution is -0.379. The fourth-order valence-corrected chi connectivity index (χ4v) is 2.42. The van der Waals surface area contributed by atoms with E-state index in [2.05, 4.69) is 17.4 Å². The highest BCUT2D eigenvalue weighted by Gasteiger charge is 2.43. The van der Waals surface area contributed by atoms with Crippen LogP contribution in [0, 0.1) is 6.92 Å². The number of ether oxygens (including phenoxy) is 2. The van der Waals surface area contributed by atoms with E-state index >= 15 is 0 Å². The number of aromatic amines is 1. The summed E-state index contributed by atoms with van der Waals surface area (Å²) >= 11 is 0. The zero-order valence-electron chi connectivity index (χ0n) is 13.9. The van der Waals surface area contributed by atoms with Gasteiger partial charge in [-0.15, -0.1) is 0 Å². The highest BCUT2D eigenvalue weighted by Crippen LogP contribution is 2.21. The molecule has 1 radical (unpaired) electrons. The first kappa shape index (κ1) is 20.1. The fourth-order valence-electron chi connectivity index (χ4n) is 2.42. The minimum absolute atomic E-state index is 0.237. The van der Waals surface area contributed by atoms with Gasteiger partial charge in [0.25, 0.3) is 0 Å². The lowest BCUT2D eigenvalue weighted by atomic mass is 9.99. The normalized spacial score (nSPS) is 29.7. The molecule has 0 bridgehead atoms. The molecule has 0 aromatic carbocycles. The van der Waals surface area contributed by atoms with Crippen LogP contribution in [0.4, 0.5) is 0 Å². The third-order valence-electron chi connectivity index (χ3n) is 3.80. The van der Waals surface area contributed by atoms with Crippen molar-refractivity contribution in [1.29, 1.82) is 0 Å². The lowest BCUT2D eigenvalue weighted by Crippen LogP contribution is -2.59. The first-order valence-electron chi connectivity index (χ1n) is 8.11. The zero-order chi connectivity index (χ0) is 18.2. The van der Waals surface area contributed by atoms with Crippen LogP contribution < -0.4 is 10.5 Å². The Hall–Kier alpha value is -1.17. The van der Waals surface area contributed by atoms with E-state index in [1.54, 1.807) is 6.20 Å². The molecule has 2 heterocycles. The van der Waals surface area contributed by atoms with Gasteiger partial charge in [-0.3, -0.25) is 4.84 Å². The molecular weight excluding hydrogens is 332 g/mol. The Morgan fingerprint density at radius 1 is 1.20 bits per heavy atom. The van der Waals surface area contributed by atoms with Crippen molar-refractivity contribution in [3.63, 3.8) is 0 Å². The molecule has 9 heteroatoms. The number of rotatable bonds is 9. The minimum atomic E-state index is -1.43. The fraction of sp³-hybridized carbons (Fsp3) is 0.625. The lowest BCUT2D eigenvalue weighted by Gasteiger charge is -2.39. The molecule has 0 amide bonds. The molecule has 1 aliphatic heterocycles. The molecule has 9 nitrogen and oxygen atoms in total. The summed E-state index contributed by atoms with van der Waals surface area (Å²) in [4.78, 5) is 8.28. The summed E-state index contributed by atoms with van der Waals surface area (Å²) in [6, 6.07) is 1.90. The molecular formula is C16H26N2O7+. The Bertz CT molecular complexity index is 517. The number of nitrogens with one attached hydrogen (secondary N) is 2. The summed E-state index contributed by atoms with van der Waals surface area (Å²) in [5, 5.41) is 38.2. The van der Waals surface area contributed by atoms with Crippen LogP contribution in [0.15, 0.2) is 18.5 Å². The molecule has 25 heavy (non-hydrogen) atoms. The van der Waals surface area contributed by atoms with Gasteiger partial charge in [-0.1, -0.05) is 0 Å². The number of H-pyrrole nitrogens is 1. The molecule has 5 atom stereocenters. The van der Waals surface area contributed by atoms with Crippen molar-refractivity contribution in [2.24, 2.45) is 0 Å². The van der Waals surface area contributed by atoms with E-state index in [9.17, 15) is 15.3 Å². The van der Waals surface area contributed by atoms with Crippen LogP contribution in [0.3, 0.4) is 0 Å². The molecule has 1 aliphatic rings. The van der Waals surface area contributed by atoms with Crippen LogP contribution in [-0.2, 0) is 20.9 Å².